The van der Waals surface area contributed by atoms with Crippen LogP contribution in [-0.2, 0) is 21.5 Å². The van der Waals surface area contributed by atoms with Crippen LogP contribution in [0.4, 0.5) is 0 Å². The van der Waals surface area contributed by atoms with Gasteiger partial charge >= 0.3 is 0 Å². The van der Waals surface area contributed by atoms with Crippen LogP contribution >= 0.6 is 23.2 Å². The third kappa shape index (κ3) is 2.97. The van der Waals surface area contributed by atoms with E-state index < -0.39 is 17.2 Å². The summed E-state index contributed by atoms with van der Waals surface area (Å²) in [7, 11) is 0. The van der Waals surface area contributed by atoms with Crippen LogP contribution in [-0.4, -0.2) is 28.2 Å². The van der Waals surface area contributed by atoms with Gasteiger partial charge < -0.3 is 10.0 Å². The maximum atomic E-state index is 13.6. The van der Waals surface area contributed by atoms with Gasteiger partial charge in [-0.1, -0.05) is 62.2 Å². The van der Waals surface area contributed by atoms with E-state index in [4.69, 9.17) is 23.2 Å². The summed E-state index contributed by atoms with van der Waals surface area (Å²) in [5, 5.41) is 11.9. The lowest BCUT2D eigenvalue weighted by Gasteiger charge is -2.40. The normalized spacial score (nSPS) is 21.5. The van der Waals surface area contributed by atoms with E-state index in [-0.39, 0.29) is 17.6 Å². The number of aliphatic hydroxyl groups is 1. The Kier molecular flexibility index (Phi) is 4.56. The maximum Gasteiger partial charge on any atom is 0.290 e. The molecule has 2 aliphatic rings. The topological polar surface area (TPSA) is 57.6 Å². The number of benzene rings is 2. The first kappa shape index (κ1) is 20.0. The number of halogens is 2. The van der Waals surface area contributed by atoms with Crippen LogP contribution in [0.5, 0.6) is 0 Å². The summed E-state index contributed by atoms with van der Waals surface area (Å²) in [6.45, 7) is 6.27. The van der Waals surface area contributed by atoms with E-state index in [0.717, 1.165) is 5.56 Å². The van der Waals surface area contributed by atoms with Crippen molar-refractivity contribution in [3.63, 3.8) is 0 Å². The van der Waals surface area contributed by atoms with E-state index in [2.05, 4.69) is 0 Å². The smallest absolute Gasteiger partial charge is 0.290 e. The average Bonchev–Trinajstić information content (AvgIpc) is 3.01. The molecule has 4 nitrogen and oxygen atoms in total. The van der Waals surface area contributed by atoms with Crippen LogP contribution in [0.2, 0.25) is 10.0 Å². The number of ketones is 1. The molecule has 29 heavy (non-hydrogen) atoms. The van der Waals surface area contributed by atoms with Gasteiger partial charge in [-0.15, -0.1) is 0 Å². The van der Waals surface area contributed by atoms with Crippen molar-refractivity contribution in [1.29, 1.82) is 0 Å². The second-order valence-corrected chi connectivity index (χ2v) is 9.67. The van der Waals surface area contributed by atoms with Crippen LogP contribution in [0.15, 0.2) is 48.2 Å². The first-order valence-electron chi connectivity index (χ1n) is 9.39. The first-order chi connectivity index (χ1) is 13.6. The van der Waals surface area contributed by atoms with Crippen molar-refractivity contribution in [3.8, 4) is 0 Å². The molecule has 0 bridgehead atoms. The fourth-order valence-corrected chi connectivity index (χ4v) is 4.82. The molecule has 1 unspecified atom stereocenters. The van der Waals surface area contributed by atoms with Crippen molar-refractivity contribution in [2.75, 3.05) is 6.54 Å². The third-order valence-corrected chi connectivity index (χ3v) is 5.88. The highest BCUT2D eigenvalue weighted by Gasteiger charge is 2.61. The molecule has 1 spiro atoms. The van der Waals surface area contributed by atoms with Gasteiger partial charge in [0.2, 0.25) is 0 Å². The second-order valence-electron chi connectivity index (χ2n) is 8.80. The quantitative estimate of drug-likeness (QED) is 0.715. The first-order valence-corrected chi connectivity index (χ1v) is 10.1. The highest BCUT2D eigenvalue weighted by Crippen LogP contribution is 2.54. The summed E-state index contributed by atoms with van der Waals surface area (Å²) >= 11 is 12.4. The van der Waals surface area contributed by atoms with Gasteiger partial charge in [0.1, 0.15) is 0 Å². The van der Waals surface area contributed by atoms with E-state index in [1.165, 1.54) is 4.90 Å². The number of nitrogens with zero attached hydrogens (tertiary/aromatic N) is 1. The zero-order valence-electron chi connectivity index (χ0n) is 16.4. The van der Waals surface area contributed by atoms with Gasteiger partial charge in [0.25, 0.3) is 5.91 Å². The van der Waals surface area contributed by atoms with E-state index >= 15 is 0 Å². The van der Waals surface area contributed by atoms with Gasteiger partial charge in [0, 0.05) is 28.6 Å². The number of Topliss-reactive ketones (excluding diaryl/α,β-unsaturated/α-hetero) is 1. The van der Waals surface area contributed by atoms with E-state index in [1.807, 2.05) is 20.8 Å². The zero-order chi connectivity index (χ0) is 21.1. The molecule has 6 heteroatoms. The van der Waals surface area contributed by atoms with Crippen molar-refractivity contribution in [1.82, 2.24) is 4.90 Å². The molecule has 0 aromatic heterocycles. The summed E-state index contributed by atoms with van der Waals surface area (Å²) in [5.41, 5.74) is 0.615. The van der Waals surface area contributed by atoms with Gasteiger partial charge in [0.05, 0.1) is 0 Å². The molecule has 2 aromatic rings. The molecule has 1 aliphatic carbocycles. The predicted molar refractivity (Wildman–Crippen MR) is 114 cm³/mol. The fourth-order valence-electron chi connectivity index (χ4n) is 4.43. The number of aliphatic hydroxyl groups excluding tert-OH is 1. The van der Waals surface area contributed by atoms with Crippen LogP contribution < -0.4 is 0 Å². The van der Waals surface area contributed by atoms with Crippen LogP contribution in [0.1, 0.15) is 37.5 Å². The predicted octanol–water partition coefficient (Wildman–Crippen LogP) is 5.17. The third-order valence-electron chi connectivity index (χ3n) is 5.41. The van der Waals surface area contributed by atoms with E-state index in [1.54, 1.807) is 42.5 Å². The minimum Gasteiger partial charge on any atom is -0.503 e. The zero-order valence-corrected chi connectivity index (χ0v) is 17.9. The lowest BCUT2D eigenvalue weighted by Crippen LogP contribution is -2.52. The molecule has 1 heterocycles. The molecular formula is C23H21Cl2NO3. The number of carbonyl (C=O) groups is 2. The minimum absolute atomic E-state index is 0.140. The molecule has 4 rings (SSSR count). The number of hydrogen-bond donors (Lipinski definition) is 1. The Hall–Kier alpha value is -2.30. The molecular weight excluding hydrogens is 409 g/mol. The fraction of sp³-hybridized carbons (Fsp3) is 0.304. The molecule has 0 radical (unpaired) electrons. The number of fused-ring (bicyclic) bond motifs is 2. The average molecular weight is 430 g/mol. The summed E-state index contributed by atoms with van der Waals surface area (Å²) < 4.78 is 0. The summed E-state index contributed by atoms with van der Waals surface area (Å²) in [4.78, 5) is 28.4. The van der Waals surface area contributed by atoms with Crippen molar-refractivity contribution in [3.05, 3.63) is 75.0 Å². The van der Waals surface area contributed by atoms with E-state index in [9.17, 15) is 14.7 Å². The van der Waals surface area contributed by atoms with Crippen molar-refractivity contribution in [2.24, 2.45) is 5.41 Å². The number of carbonyl (C=O) groups excluding carboxylic acids is 2. The maximum absolute atomic E-state index is 13.6. The van der Waals surface area contributed by atoms with Gasteiger partial charge in [-0.05, 0) is 46.4 Å². The van der Waals surface area contributed by atoms with Crippen molar-refractivity contribution in [2.45, 2.75) is 32.7 Å². The van der Waals surface area contributed by atoms with Crippen molar-refractivity contribution < 1.29 is 14.7 Å². The van der Waals surface area contributed by atoms with Gasteiger partial charge in [-0.2, -0.15) is 0 Å². The summed E-state index contributed by atoms with van der Waals surface area (Å²) in [6, 6.07) is 12.1. The van der Waals surface area contributed by atoms with Gasteiger partial charge in [-0.25, -0.2) is 0 Å². The molecule has 1 aliphatic heterocycles. The molecule has 2 aromatic carbocycles. The SMILES string of the molecule is CC(C)(C)CN1C(=O)C(O)=C(c2cccc(Cl)c2)C12C(=O)Cc1cc(Cl)ccc12. The summed E-state index contributed by atoms with van der Waals surface area (Å²) in [5.74, 6) is -1.12. The Morgan fingerprint density at radius 1 is 1.07 bits per heavy atom. The molecule has 1 N–H and O–H groups in total. The van der Waals surface area contributed by atoms with Gasteiger partial charge in [-0.3, -0.25) is 9.59 Å². The highest BCUT2D eigenvalue weighted by molar-refractivity contribution is 6.31. The summed E-state index contributed by atoms with van der Waals surface area (Å²) in [6.07, 6.45) is 0.140. The number of rotatable bonds is 2. The Morgan fingerprint density at radius 2 is 1.76 bits per heavy atom. The molecule has 1 atom stereocenters. The largest absolute Gasteiger partial charge is 0.503 e. The Labute approximate surface area is 179 Å². The molecule has 0 saturated heterocycles. The van der Waals surface area contributed by atoms with Crippen LogP contribution in [0.3, 0.4) is 0 Å². The Morgan fingerprint density at radius 3 is 2.41 bits per heavy atom. The Bertz CT molecular complexity index is 1080. The van der Waals surface area contributed by atoms with Crippen LogP contribution in [0.25, 0.3) is 5.57 Å². The van der Waals surface area contributed by atoms with E-state index in [0.29, 0.717) is 33.3 Å². The molecule has 150 valence electrons. The number of amides is 1. The highest BCUT2D eigenvalue weighted by atomic mass is 35.5. The standard InChI is InChI=1S/C23H21Cl2NO3/c1-22(2,3)12-26-21(29)20(28)19(13-5-4-6-15(24)9-13)23(26)17-8-7-16(25)10-14(17)11-18(23)27/h4-10,28H,11-12H2,1-3H3. The monoisotopic (exact) mass is 429 g/mol. The van der Waals surface area contributed by atoms with Gasteiger partial charge in [0.15, 0.2) is 17.1 Å². The second kappa shape index (κ2) is 6.61. The van der Waals surface area contributed by atoms with Crippen LogP contribution in [0, 0.1) is 5.41 Å². The lowest BCUT2D eigenvalue weighted by atomic mass is 9.79. The number of hydrogen-bond acceptors (Lipinski definition) is 3. The minimum atomic E-state index is -1.39. The van der Waals surface area contributed by atoms with Crippen molar-refractivity contribution >= 4 is 40.5 Å². The molecule has 0 saturated carbocycles. The molecule has 0 fully saturated rings. The lowest BCUT2D eigenvalue weighted by molar-refractivity contribution is -0.140. The molecule has 1 amide bonds. The Balaban J connectivity index is 2.05.